The number of fused-ring (bicyclic) bond motifs is 1. The number of aromatic amines is 1. The Morgan fingerprint density at radius 3 is 2.59 bits per heavy atom. The fourth-order valence-corrected chi connectivity index (χ4v) is 5.91. The van der Waals surface area contributed by atoms with Crippen molar-refractivity contribution in [3.63, 3.8) is 0 Å². The maximum absolute atomic E-state index is 14.2. The number of likely N-dealkylation sites (N-methyl/N-ethyl adjacent to an activating group) is 1. The van der Waals surface area contributed by atoms with Crippen molar-refractivity contribution < 1.29 is 9.53 Å². The molecule has 0 unspecified atom stereocenters. The highest BCUT2D eigenvalue weighted by Gasteiger charge is 2.33. The molecular formula is C32H31Cl2N5O2. The number of likely N-dealkylation sites (tertiary alicyclic amines) is 1. The molecule has 9 heteroatoms. The van der Waals surface area contributed by atoms with Crippen LogP contribution in [0.5, 0.6) is 5.75 Å². The molecule has 1 atom stereocenters. The molecule has 5 aromatic rings. The van der Waals surface area contributed by atoms with Gasteiger partial charge in [0, 0.05) is 57.8 Å². The van der Waals surface area contributed by atoms with Gasteiger partial charge in [-0.05, 0) is 62.5 Å². The molecule has 1 fully saturated rings. The van der Waals surface area contributed by atoms with Gasteiger partial charge in [-0.1, -0.05) is 53.5 Å². The molecule has 1 N–H and O–H groups in total. The van der Waals surface area contributed by atoms with Crippen LogP contribution >= 0.6 is 23.2 Å². The van der Waals surface area contributed by atoms with Gasteiger partial charge < -0.3 is 24.1 Å². The lowest BCUT2D eigenvalue weighted by molar-refractivity contribution is 0.0779. The minimum absolute atomic E-state index is 0.0347. The van der Waals surface area contributed by atoms with E-state index in [9.17, 15) is 4.79 Å². The number of benzene rings is 3. The molecule has 0 bridgehead atoms. The Bertz CT molecular complexity index is 1720. The van der Waals surface area contributed by atoms with Gasteiger partial charge in [-0.2, -0.15) is 0 Å². The van der Waals surface area contributed by atoms with Crippen LogP contribution in [0.4, 0.5) is 0 Å². The summed E-state index contributed by atoms with van der Waals surface area (Å²) < 4.78 is 7.63. The van der Waals surface area contributed by atoms with Gasteiger partial charge in [0.05, 0.1) is 24.8 Å². The van der Waals surface area contributed by atoms with Crippen LogP contribution in [0.2, 0.25) is 10.0 Å². The largest absolute Gasteiger partial charge is 0.497 e. The molecule has 0 spiro atoms. The Balaban J connectivity index is 1.56. The molecule has 210 valence electrons. The van der Waals surface area contributed by atoms with E-state index in [1.165, 1.54) is 0 Å². The number of carbonyl (C=O) groups is 1. The van der Waals surface area contributed by atoms with Crippen molar-refractivity contribution in [2.75, 3.05) is 34.3 Å². The van der Waals surface area contributed by atoms with E-state index in [-0.39, 0.29) is 5.91 Å². The number of H-pyrrole nitrogens is 1. The lowest BCUT2D eigenvalue weighted by Crippen LogP contribution is -2.34. The Morgan fingerprint density at radius 1 is 1.07 bits per heavy atom. The van der Waals surface area contributed by atoms with Crippen molar-refractivity contribution in [3.8, 4) is 28.3 Å². The summed E-state index contributed by atoms with van der Waals surface area (Å²) in [6.45, 7) is 1.92. The van der Waals surface area contributed by atoms with E-state index < -0.39 is 0 Å². The highest BCUT2D eigenvalue weighted by atomic mass is 35.5. The Morgan fingerprint density at radius 2 is 1.85 bits per heavy atom. The number of nitrogens with one attached hydrogen (secondary N) is 1. The summed E-state index contributed by atoms with van der Waals surface area (Å²) in [5.41, 5.74) is 5.70. The van der Waals surface area contributed by atoms with Crippen molar-refractivity contribution in [2.45, 2.75) is 19.0 Å². The van der Waals surface area contributed by atoms with Crippen molar-refractivity contribution in [1.29, 1.82) is 0 Å². The van der Waals surface area contributed by atoms with Crippen LogP contribution in [0, 0.1) is 0 Å². The first kappa shape index (κ1) is 27.4. The normalized spacial score (nSPS) is 15.3. The lowest BCUT2D eigenvalue weighted by Gasteiger charge is -2.21. The summed E-state index contributed by atoms with van der Waals surface area (Å²) in [5.74, 6) is 0.696. The van der Waals surface area contributed by atoms with Gasteiger partial charge in [-0.3, -0.25) is 4.79 Å². The molecule has 3 heterocycles. The molecule has 2 aromatic heterocycles. The number of imidazole rings is 1. The topological polar surface area (TPSA) is 66.4 Å². The molecule has 3 aromatic carbocycles. The Hall–Kier alpha value is -3.78. The zero-order valence-electron chi connectivity index (χ0n) is 23.2. The number of ether oxygens (including phenoxy) is 1. The number of halogens is 2. The number of aromatic nitrogens is 3. The van der Waals surface area contributed by atoms with Crippen LogP contribution in [0.3, 0.4) is 0 Å². The number of amides is 1. The van der Waals surface area contributed by atoms with Gasteiger partial charge >= 0.3 is 0 Å². The van der Waals surface area contributed by atoms with E-state index in [1.807, 2.05) is 78.0 Å². The molecule has 1 aliphatic heterocycles. The summed E-state index contributed by atoms with van der Waals surface area (Å²) in [6.07, 6.45) is 2.77. The van der Waals surface area contributed by atoms with Gasteiger partial charge in [-0.15, -0.1) is 0 Å². The van der Waals surface area contributed by atoms with Crippen molar-refractivity contribution in [2.24, 2.45) is 0 Å². The summed E-state index contributed by atoms with van der Waals surface area (Å²) in [5, 5.41) is 2.18. The number of hydrogen-bond acceptors (Lipinski definition) is 4. The van der Waals surface area contributed by atoms with E-state index in [0.717, 1.165) is 51.2 Å². The molecule has 41 heavy (non-hydrogen) atoms. The van der Waals surface area contributed by atoms with Crippen LogP contribution < -0.4 is 4.74 Å². The fraction of sp³-hybridized carbons (Fsp3) is 0.250. The first-order valence-electron chi connectivity index (χ1n) is 13.5. The molecule has 1 saturated heterocycles. The van der Waals surface area contributed by atoms with Gasteiger partial charge in [0.2, 0.25) is 0 Å². The third-order valence-electron chi connectivity index (χ3n) is 7.84. The number of rotatable bonds is 7. The second-order valence-electron chi connectivity index (χ2n) is 10.7. The fourth-order valence-electron chi connectivity index (χ4n) is 5.61. The predicted octanol–water partition coefficient (Wildman–Crippen LogP) is 6.84. The van der Waals surface area contributed by atoms with Crippen LogP contribution in [-0.4, -0.2) is 70.6 Å². The summed E-state index contributed by atoms with van der Waals surface area (Å²) in [6, 6.07) is 21.6. The van der Waals surface area contributed by atoms with E-state index >= 15 is 0 Å². The molecule has 1 aliphatic rings. The zero-order chi connectivity index (χ0) is 28.7. The highest BCUT2D eigenvalue weighted by molar-refractivity contribution is 6.31. The summed E-state index contributed by atoms with van der Waals surface area (Å²) in [7, 11) is 5.77. The lowest BCUT2D eigenvalue weighted by atomic mass is 10.0. The van der Waals surface area contributed by atoms with Crippen LogP contribution in [0.25, 0.3) is 33.4 Å². The smallest absolute Gasteiger partial charge is 0.271 e. The first-order chi connectivity index (χ1) is 19.8. The van der Waals surface area contributed by atoms with Gasteiger partial charge in [-0.25, -0.2) is 4.98 Å². The summed E-state index contributed by atoms with van der Waals surface area (Å²) >= 11 is 12.6. The van der Waals surface area contributed by atoms with Crippen molar-refractivity contribution in [3.05, 3.63) is 94.4 Å². The van der Waals surface area contributed by atoms with E-state index in [0.29, 0.717) is 41.4 Å². The Labute approximate surface area is 249 Å². The molecule has 6 rings (SSSR count). The minimum Gasteiger partial charge on any atom is -0.497 e. The third-order valence-corrected chi connectivity index (χ3v) is 8.33. The second-order valence-corrected chi connectivity index (χ2v) is 11.5. The number of carbonyl (C=O) groups excluding carboxylic acids is 1. The quantitative estimate of drug-likeness (QED) is 0.226. The van der Waals surface area contributed by atoms with Gasteiger partial charge in [0.15, 0.2) is 0 Å². The minimum atomic E-state index is -0.0347. The van der Waals surface area contributed by atoms with Crippen LogP contribution in [0.1, 0.15) is 22.5 Å². The molecule has 0 saturated carbocycles. The molecule has 1 amide bonds. The second kappa shape index (κ2) is 11.2. The average Bonchev–Trinajstić information content (AvgIpc) is 3.71. The van der Waals surface area contributed by atoms with Crippen molar-refractivity contribution in [1.82, 2.24) is 24.3 Å². The molecule has 0 radical (unpaired) electrons. The van der Waals surface area contributed by atoms with Gasteiger partial charge in [0.1, 0.15) is 11.4 Å². The number of hydrogen-bond donors (Lipinski definition) is 1. The molecular weight excluding hydrogens is 557 g/mol. The SMILES string of the molecule is COc1cccc(-c2ncn(Cc3ccc(Cl)cc3)c2-c2c(C(=O)N3CC[C@H](N(C)C)C3)[nH]c3cc(Cl)ccc23)c1. The number of nitrogens with zero attached hydrogens (tertiary/aromatic N) is 4. The molecule has 7 nitrogen and oxygen atoms in total. The van der Waals surface area contributed by atoms with Crippen LogP contribution in [-0.2, 0) is 6.54 Å². The van der Waals surface area contributed by atoms with E-state index in [2.05, 4.69) is 28.5 Å². The zero-order valence-corrected chi connectivity index (χ0v) is 24.7. The number of methoxy groups -OCH3 is 1. The monoisotopic (exact) mass is 587 g/mol. The van der Waals surface area contributed by atoms with E-state index in [4.69, 9.17) is 32.9 Å². The predicted molar refractivity (Wildman–Crippen MR) is 165 cm³/mol. The maximum atomic E-state index is 14.2. The van der Waals surface area contributed by atoms with Crippen LogP contribution in [0.15, 0.2) is 73.1 Å². The summed E-state index contributed by atoms with van der Waals surface area (Å²) in [4.78, 5) is 26.7. The average molecular weight is 589 g/mol. The van der Waals surface area contributed by atoms with Crippen molar-refractivity contribution >= 4 is 40.0 Å². The maximum Gasteiger partial charge on any atom is 0.271 e. The Kier molecular flexibility index (Phi) is 7.51. The third kappa shape index (κ3) is 5.33. The highest BCUT2D eigenvalue weighted by Crippen LogP contribution is 2.41. The van der Waals surface area contributed by atoms with E-state index in [1.54, 1.807) is 7.11 Å². The molecule has 0 aliphatic carbocycles. The van der Waals surface area contributed by atoms with Gasteiger partial charge in [0.25, 0.3) is 5.91 Å². The first-order valence-corrected chi connectivity index (χ1v) is 14.3. The standard InChI is InChI=1S/C32H31Cl2N5O2/c1-37(2)24-13-14-38(18-24)32(40)30-28(26-12-11-23(34)16-27(26)36-30)31-29(21-5-4-6-25(15-21)41-3)35-19-39(31)17-20-7-9-22(33)10-8-20/h4-12,15-16,19,24,36H,13-14,17-18H2,1-3H3/t24-/m0/s1.